The number of amides is 2. The average molecular weight is 453 g/mol. The van der Waals surface area contributed by atoms with Crippen LogP contribution in [0.2, 0.25) is 0 Å². The normalized spacial score (nSPS) is 16.5. The molecule has 0 unspecified atom stereocenters. The Morgan fingerprint density at radius 3 is 2.53 bits per heavy atom. The third kappa shape index (κ3) is 3.33. The molecule has 1 saturated heterocycles. The minimum absolute atomic E-state index is 0. The molecule has 0 aliphatic carbocycles. The zero-order valence-corrected chi connectivity index (χ0v) is 18.7. The van der Waals surface area contributed by atoms with Crippen LogP contribution >= 0.6 is 12.4 Å². The van der Waals surface area contributed by atoms with Crippen molar-refractivity contribution in [1.82, 2.24) is 14.3 Å². The van der Waals surface area contributed by atoms with E-state index < -0.39 is 0 Å². The van der Waals surface area contributed by atoms with E-state index in [2.05, 4.69) is 15.4 Å². The number of aromatic nitrogens is 2. The number of carbonyl (C=O) groups is 2. The predicted molar refractivity (Wildman–Crippen MR) is 124 cm³/mol. The number of pyridine rings is 1. The third-order valence-corrected chi connectivity index (χ3v) is 6.67. The molecule has 9 heteroatoms. The number of hydrogen-bond donors (Lipinski definition) is 1. The van der Waals surface area contributed by atoms with E-state index >= 15 is 0 Å². The first kappa shape index (κ1) is 21.9. The van der Waals surface area contributed by atoms with Crippen LogP contribution in [0.25, 0.3) is 16.7 Å². The molecule has 0 radical (unpaired) electrons. The van der Waals surface area contributed by atoms with Gasteiger partial charge in [-0.05, 0) is 37.0 Å². The topological polar surface area (TPSA) is 108 Å². The SMILES string of the molecule is CC(=O)N1CCc2c(c(N3CCC(C(N)=O)CC3)n3c(nc4ccccc43)c2C#N)C1.Cl. The van der Waals surface area contributed by atoms with Gasteiger partial charge in [-0.1, -0.05) is 12.1 Å². The van der Waals surface area contributed by atoms with Gasteiger partial charge >= 0.3 is 0 Å². The van der Waals surface area contributed by atoms with Gasteiger partial charge in [-0.2, -0.15) is 5.26 Å². The monoisotopic (exact) mass is 452 g/mol. The Hall–Kier alpha value is -3.31. The maximum atomic E-state index is 12.2. The third-order valence-electron chi connectivity index (χ3n) is 6.67. The molecule has 2 aliphatic rings. The number of fused-ring (bicyclic) bond motifs is 4. The second-order valence-corrected chi connectivity index (χ2v) is 8.38. The van der Waals surface area contributed by atoms with E-state index in [-0.39, 0.29) is 30.1 Å². The first-order valence-electron chi connectivity index (χ1n) is 10.6. The largest absolute Gasteiger partial charge is 0.369 e. The number of nitrogens with two attached hydrogens (primary N) is 1. The summed E-state index contributed by atoms with van der Waals surface area (Å²) in [5, 5.41) is 10.0. The molecule has 8 nitrogen and oxygen atoms in total. The Morgan fingerprint density at radius 1 is 1.16 bits per heavy atom. The zero-order valence-electron chi connectivity index (χ0n) is 17.9. The number of piperidine rings is 1. The van der Waals surface area contributed by atoms with Crippen LogP contribution in [0.4, 0.5) is 5.82 Å². The minimum atomic E-state index is -0.248. The lowest BCUT2D eigenvalue weighted by Gasteiger charge is -2.37. The fourth-order valence-corrected chi connectivity index (χ4v) is 5.02. The van der Waals surface area contributed by atoms with Crippen LogP contribution in [0.1, 0.15) is 36.5 Å². The second kappa shape index (κ2) is 8.32. The van der Waals surface area contributed by atoms with Gasteiger partial charge in [-0.25, -0.2) is 4.98 Å². The van der Waals surface area contributed by atoms with Crippen LogP contribution in [0.3, 0.4) is 0 Å². The van der Waals surface area contributed by atoms with E-state index in [4.69, 9.17) is 10.7 Å². The molecule has 4 heterocycles. The summed E-state index contributed by atoms with van der Waals surface area (Å²) in [5.74, 6) is 0.640. The van der Waals surface area contributed by atoms with Crippen molar-refractivity contribution in [1.29, 1.82) is 5.26 Å². The molecule has 1 aromatic carbocycles. The smallest absolute Gasteiger partial charge is 0.220 e. The van der Waals surface area contributed by atoms with Crippen LogP contribution in [-0.4, -0.2) is 45.7 Å². The highest BCUT2D eigenvalue weighted by Crippen LogP contribution is 2.38. The summed E-state index contributed by atoms with van der Waals surface area (Å²) < 4.78 is 2.07. The van der Waals surface area contributed by atoms with Crippen LogP contribution < -0.4 is 10.6 Å². The summed E-state index contributed by atoms with van der Waals surface area (Å²) in [6.07, 6.45) is 2.01. The van der Waals surface area contributed by atoms with E-state index in [1.165, 1.54) is 0 Å². The maximum Gasteiger partial charge on any atom is 0.220 e. The number of nitrogens with zero attached hydrogens (tertiary/aromatic N) is 5. The van der Waals surface area contributed by atoms with Gasteiger partial charge in [0.25, 0.3) is 0 Å². The first-order chi connectivity index (χ1) is 15.0. The van der Waals surface area contributed by atoms with Gasteiger partial charge in [0.2, 0.25) is 11.8 Å². The van der Waals surface area contributed by atoms with Crippen LogP contribution in [0.5, 0.6) is 0 Å². The van der Waals surface area contributed by atoms with Crippen LogP contribution in [0, 0.1) is 17.2 Å². The maximum absolute atomic E-state index is 12.2. The molecule has 2 aliphatic heterocycles. The lowest BCUT2D eigenvalue weighted by Crippen LogP contribution is -2.41. The number of para-hydroxylation sites is 2. The number of rotatable bonds is 2. The number of hydrogen-bond acceptors (Lipinski definition) is 5. The number of nitriles is 1. The molecule has 1 fully saturated rings. The summed E-state index contributed by atoms with van der Waals surface area (Å²) in [5.41, 5.74) is 10.5. The van der Waals surface area contributed by atoms with Crippen LogP contribution in [-0.2, 0) is 22.6 Å². The Morgan fingerprint density at radius 2 is 1.88 bits per heavy atom. The summed E-state index contributed by atoms with van der Waals surface area (Å²) in [6.45, 7) is 4.02. The van der Waals surface area contributed by atoms with Gasteiger partial charge in [0.05, 0.1) is 16.6 Å². The number of benzene rings is 1. The molecule has 0 bridgehead atoms. The number of anilines is 1. The lowest BCUT2D eigenvalue weighted by molar-refractivity contribution is -0.129. The van der Waals surface area contributed by atoms with E-state index in [1.54, 1.807) is 6.92 Å². The number of carbonyl (C=O) groups excluding carboxylic acids is 2. The summed E-state index contributed by atoms with van der Waals surface area (Å²) in [7, 11) is 0. The first-order valence-corrected chi connectivity index (χ1v) is 10.6. The van der Waals surface area contributed by atoms with Crippen LogP contribution in [0.15, 0.2) is 24.3 Å². The zero-order chi connectivity index (χ0) is 21.7. The fourth-order valence-electron chi connectivity index (χ4n) is 5.02. The Balaban J connectivity index is 0.00000245. The van der Waals surface area contributed by atoms with Gasteiger partial charge in [0.15, 0.2) is 5.65 Å². The van der Waals surface area contributed by atoms with Gasteiger partial charge in [0, 0.05) is 44.6 Å². The molecular formula is C23H25ClN6O2. The summed E-state index contributed by atoms with van der Waals surface area (Å²) >= 11 is 0. The van der Waals surface area contributed by atoms with Gasteiger partial charge in [-0.15, -0.1) is 12.4 Å². The van der Waals surface area contributed by atoms with E-state index in [1.807, 2.05) is 29.2 Å². The average Bonchev–Trinajstić information content (AvgIpc) is 3.16. The van der Waals surface area contributed by atoms with Crippen molar-refractivity contribution in [3.05, 3.63) is 41.0 Å². The predicted octanol–water partition coefficient (Wildman–Crippen LogP) is 2.39. The molecule has 166 valence electrons. The van der Waals surface area contributed by atoms with Crippen molar-refractivity contribution >= 4 is 46.7 Å². The Bertz CT molecular complexity index is 1270. The molecule has 32 heavy (non-hydrogen) atoms. The Kier molecular flexibility index (Phi) is 5.70. The van der Waals surface area contributed by atoms with Crippen molar-refractivity contribution in [3.63, 3.8) is 0 Å². The van der Waals surface area contributed by atoms with Crippen molar-refractivity contribution in [3.8, 4) is 6.07 Å². The molecule has 0 atom stereocenters. The van der Waals surface area contributed by atoms with E-state index in [0.717, 1.165) is 28.0 Å². The number of primary amides is 1. The van der Waals surface area contributed by atoms with Crippen molar-refractivity contribution in [2.24, 2.45) is 11.7 Å². The van der Waals surface area contributed by atoms with Gasteiger partial charge < -0.3 is 15.5 Å². The highest BCUT2D eigenvalue weighted by atomic mass is 35.5. The lowest BCUT2D eigenvalue weighted by atomic mass is 9.93. The highest BCUT2D eigenvalue weighted by molar-refractivity contribution is 5.87. The van der Waals surface area contributed by atoms with Crippen molar-refractivity contribution in [2.45, 2.75) is 32.7 Å². The molecule has 2 amide bonds. The molecule has 0 spiro atoms. The number of imidazole rings is 1. The number of halogens is 1. The molecule has 2 aromatic heterocycles. The van der Waals surface area contributed by atoms with Crippen molar-refractivity contribution in [2.75, 3.05) is 24.5 Å². The standard InChI is InChI=1S/C23H24N6O2.ClH/c1-14(30)28-11-8-16-17(12-24)22-26-19-4-2-3-5-20(19)29(22)23(18(16)13-28)27-9-6-15(7-10-27)21(25)31;/h2-5,15H,6-11,13H2,1H3,(H2,25,31);1H. The summed E-state index contributed by atoms with van der Waals surface area (Å²) in [6, 6.07) is 10.3. The molecule has 3 aromatic rings. The van der Waals surface area contributed by atoms with E-state index in [9.17, 15) is 14.9 Å². The van der Waals surface area contributed by atoms with E-state index in [0.29, 0.717) is 56.7 Å². The molecule has 2 N–H and O–H groups in total. The molecular weight excluding hydrogens is 428 g/mol. The molecule has 0 saturated carbocycles. The van der Waals surface area contributed by atoms with Gasteiger partial charge in [-0.3, -0.25) is 14.0 Å². The molecule has 5 rings (SSSR count). The minimum Gasteiger partial charge on any atom is -0.369 e. The highest BCUT2D eigenvalue weighted by Gasteiger charge is 2.32. The van der Waals surface area contributed by atoms with Crippen molar-refractivity contribution < 1.29 is 9.59 Å². The Labute approximate surface area is 192 Å². The quantitative estimate of drug-likeness (QED) is 0.642. The van der Waals surface area contributed by atoms with Gasteiger partial charge in [0.1, 0.15) is 11.9 Å². The fraction of sp³-hybridized carbons (Fsp3) is 0.391. The second-order valence-electron chi connectivity index (χ2n) is 8.38. The summed E-state index contributed by atoms with van der Waals surface area (Å²) in [4.78, 5) is 32.8.